The van der Waals surface area contributed by atoms with Gasteiger partial charge in [0.1, 0.15) is 5.82 Å². The van der Waals surface area contributed by atoms with E-state index in [1.54, 1.807) is 0 Å². The Morgan fingerprint density at radius 2 is 1.75 bits per heavy atom. The molecule has 1 aromatic carbocycles. The topological polar surface area (TPSA) is 45.4 Å². The van der Waals surface area contributed by atoms with Crippen LogP contribution >= 0.6 is 0 Å². The zero-order chi connectivity index (χ0) is 13.9. The van der Waals surface area contributed by atoms with Crippen molar-refractivity contribution in [3.05, 3.63) is 48.2 Å². The number of pyridine rings is 1. The molecule has 1 aliphatic heterocycles. The summed E-state index contributed by atoms with van der Waals surface area (Å²) in [6, 6.07) is 12.3. The summed E-state index contributed by atoms with van der Waals surface area (Å²) < 4.78 is 0. The second-order valence-electron chi connectivity index (χ2n) is 5.22. The predicted octanol–water partition coefficient (Wildman–Crippen LogP) is 2.30. The van der Waals surface area contributed by atoms with Gasteiger partial charge in [-0.15, -0.1) is 0 Å². The van der Waals surface area contributed by atoms with E-state index in [1.165, 1.54) is 5.56 Å². The third kappa shape index (κ3) is 2.54. The van der Waals surface area contributed by atoms with Crippen LogP contribution in [-0.2, 0) is 0 Å². The summed E-state index contributed by atoms with van der Waals surface area (Å²) in [5, 5.41) is 0. The van der Waals surface area contributed by atoms with Crippen LogP contribution in [0.1, 0.15) is 5.56 Å². The summed E-state index contributed by atoms with van der Waals surface area (Å²) in [6.07, 6.45) is 1.85. The van der Waals surface area contributed by atoms with Crippen LogP contribution in [0.3, 0.4) is 0 Å². The number of nitrogens with two attached hydrogens (primary N) is 1. The molecule has 0 aliphatic carbocycles. The van der Waals surface area contributed by atoms with Crippen LogP contribution in [0.25, 0.3) is 0 Å². The molecule has 1 aromatic heterocycles. The van der Waals surface area contributed by atoms with E-state index < -0.39 is 0 Å². The van der Waals surface area contributed by atoms with E-state index in [0.717, 1.165) is 43.4 Å². The van der Waals surface area contributed by atoms with Crippen molar-refractivity contribution in [1.29, 1.82) is 0 Å². The lowest BCUT2D eigenvalue weighted by atomic mass is 10.1. The number of hydrogen-bond acceptors (Lipinski definition) is 4. The molecule has 2 N–H and O–H groups in total. The van der Waals surface area contributed by atoms with Crippen LogP contribution in [-0.4, -0.2) is 31.2 Å². The van der Waals surface area contributed by atoms with E-state index >= 15 is 0 Å². The minimum Gasteiger partial charge on any atom is -0.397 e. The maximum atomic E-state index is 6.10. The number of nitrogen functional groups attached to an aromatic ring is 1. The van der Waals surface area contributed by atoms with Gasteiger partial charge in [-0.1, -0.05) is 12.1 Å². The van der Waals surface area contributed by atoms with Crippen molar-refractivity contribution in [2.24, 2.45) is 0 Å². The summed E-state index contributed by atoms with van der Waals surface area (Å²) >= 11 is 0. The van der Waals surface area contributed by atoms with Gasteiger partial charge >= 0.3 is 0 Å². The maximum absolute atomic E-state index is 6.10. The molecule has 104 valence electrons. The summed E-state index contributed by atoms with van der Waals surface area (Å²) in [6.45, 7) is 6.01. The normalized spacial score (nSPS) is 15.4. The summed E-state index contributed by atoms with van der Waals surface area (Å²) in [7, 11) is 0. The predicted molar refractivity (Wildman–Crippen MR) is 84.3 cm³/mol. The first-order valence-corrected chi connectivity index (χ1v) is 7.01. The van der Waals surface area contributed by atoms with Crippen LogP contribution in [0.5, 0.6) is 0 Å². The Hall–Kier alpha value is -2.23. The van der Waals surface area contributed by atoms with Gasteiger partial charge in [0.15, 0.2) is 0 Å². The minimum absolute atomic E-state index is 0.863. The molecule has 3 rings (SSSR count). The van der Waals surface area contributed by atoms with Gasteiger partial charge < -0.3 is 15.5 Å². The van der Waals surface area contributed by atoms with Gasteiger partial charge in [0.25, 0.3) is 0 Å². The molecule has 1 saturated heterocycles. The van der Waals surface area contributed by atoms with Crippen LogP contribution in [0.4, 0.5) is 17.2 Å². The zero-order valence-corrected chi connectivity index (χ0v) is 11.8. The van der Waals surface area contributed by atoms with Gasteiger partial charge in [0, 0.05) is 32.4 Å². The quantitative estimate of drug-likeness (QED) is 0.849. The molecule has 0 amide bonds. The van der Waals surface area contributed by atoms with Crippen molar-refractivity contribution in [2.75, 3.05) is 41.7 Å². The number of nitrogens with zero attached hydrogens (tertiary/aromatic N) is 3. The average molecular weight is 268 g/mol. The van der Waals surface area contributed by atoms with Crippen LogP contribution in [0, 0.1) is 6.92 Å². The van der Waals surface area contributed by atoms with Crippen molar-refractivity contribution in [3.8, 4) is 0 Å². The van der Waals surface area contributed by atoms with Crippen molar-refractivity contribution in [1.82, 2.24) is 4.98 Å². The fraction of sp³-hybridized carbons (Fsp3) is 0.312. The molecule has 2 aromatic rings. The highest BCUT2D eigenvalue weighted by atomic mass is 15.3. The second kappa shape index (κ2) is 5.41. The number of piperazine rings is 1. The first-order chi connectivity index (χ1) is 9.74. The number of hydrogen-bond donors (Lipinski definition) is 1. The van der Waals surface area contributed by atoms with Crippen molar-refractivity contribution >= 4 is 17.2 Å². The molecule has 1 aliphatic rings. The van der Waals surface area contributed by atoms with Gasteiger partial charge in [-0.3, -0.25) is 0 Å². The van der Waals surface area contributed by atoms with E-state index in [0.29, 0.717) is 0 Å². The molecule has 0 saturated carbocycles. The summed E-state index contributed by atoms with van der Waals surface area (Å²) in [5.74, 6) is 1.06. The lowest BCUT2D eigenvalue weighted by Crippen LogP contribution is -2.47. The third-order valence-corrected chi connectivity index (χ3v) is 3.78. The summed E-state index contributed by atoms with van der Waals surface area (Å²) in [4.78, 5) is 9.10. The molecular weight excluding hydrogens is 248 g/mol. The van der Waals surface area contributed by atoms with E-state index in [-0.39, 0.29) is 0 Å². The number of anilines is 3. The molecule has 0 unspecified atom stereocenters. The lowest BCUT2D eigenvalue weighted by Gasteiger charge is -2.37. The highest BCUT2D eigenvalue weighted by Crippen LogP contribution is 2.26. The maximum Gasteiger partial charge on any atom is 0.128 e. The summed E-state index contributed by atoms with van der Waals surface area (Å²) in [5.41, 5.74) is 9.37. The van der Waals surface area contributed by atoms with Crippen molar-refractivity contribution < 1.29 is 0 Å². The Morgan fingerprint density at radius 1 is 1.00 bits per heavy atom. The fourth-order valence-corrected chi connectivity index (χ4v) is 2.64. The standard InChI is InChI=1S/C16H20N4/c1-13-5-6-14(17)15(12-13)19-8-10-20(11-9-19)16-4-2-3-7-18-16/h2-7,12H,8-11,17H2,1H3. The molecule has 2 heterocycles. The molecular formula is C16H20N4. The number of aromatic nitrogens is 1. The van der Waals surface area contributed by atoms with Crippen LogP contribution < -0.4 is 15.5 Å². The lowest BCUT2D eigenvalue weighted by molar-refractivity contribution is 0.648. The van der Waals surface area contributed by atoms with E-state index in [4.69, 9.17) is 5.73 Å². The highest BCUT2D eigenvalue weighted by molar-refractivity contribution is 5.69. The Kier molecular flexibility index (Phi) is 3.46. The van der Waals surface area contributed by atoms with Gasteiger partial charge in [-0.05, 0) is 36.8 Å². The molecule has 0 radical (unpaired) electrons. The van der Waals surface area contributed by atoms with E-state index in [1.807, 2.05) is 24.4 Å². The smallest absolute Gasteiger partial charge is 0.128 e. The molecule has 4 nitrogen and oxygen atoms in total. The Balaban J connectivity index is 1.71. The average Bonchev–Trinajstić information content (AvgIpc) is 2.51. The molecule has 4 heteroatoms. The monoisotopic (exact) mass is 268 g/mol. The van der Waals surface area contributed by atoms with E-state index in [9.17, 15) is 0 Å². The highest BCUT2D eigenvalue weighted by Gasteiger charge is 2.19. The zero-order valence-electron chi connectivity index (χ0n) is 11.8. The van der Waals surface area contributed by atoms with Gasteiger partial charge in [0.2, 0.25) is 0 Å². The largest absolute Gasteiger partial charge is 0.397 e. The number of rotatable bonds is 2. The first-order valence-electron chi connectivity index (χ1n) is 7.01. The first kappa shape index (κ1) is 12.8. The van der Waals surface area contributed by atoms with Crippen LogP contribution in [0.2, 0.25) is 0 Å². The number of benzene rings is 1. The molecule has 1 fully saturated rings. The molecule has 0 spiro atoms. The molecule has 20 heavy (non-hydrogen) atoms. The van der Waals surface area contributed by atoms with E-state index in [2.05, 4.69) is 39.9 Å². The SMILES string of the molecule is Cc1ccc(N)c(N2CCN(c3ccccn3)CC2)c1. The third-order valence-electron chi connectivity index (χ3n) is 3.78. The van der Waals surface area contributed by atoms with Crippen molar-refractivity contribution in [2.45, 2.75) is 6.92 Å². The van der Waals surface area contributed by atoms with Crippen LogP contribution in [0.15, 0.2) is 42.6 Å². The second-order valence-corrected chi connectivity index (χ2v) is 5.22. The Bertz CT molecular complexity index is 574. The van der Waals surface area contributed by atoms with Gasteiger partial charge in [0.05, 0.1) is 11.4 Å². The minimum atomic E-state index is 0.863. The molecule has 0 atom stereocenters. The van der Waals surface area contributed by atoms with Crippen molar-refractivity contribution in [3.63, 3.8) is 0 Å². The Morgan fingerprint density at radius 3 is 2.45 bits per heavy atom. The number of aryl methyl sites for hydroxylation is 1. The van der Waals surface area contributed by atoms with Gasteiger partial charge in [-0.2, -0.15) is 0 Å². The Labute approximate surface area is 119 Å². The van der Waals surface area contributed by atoms with Gasteiger partial charge in [-0.25, -0.2) is 4.98 Å². The molecule has 0 bridgehead atoms. The fourth-order valence-electron chi connectivity index (χ4n) is 2.64.